The van der Waals surface area contributed by atoms with Gasteiger partial charge < -0.3 is 5.32 Å². The van der Waals surface area contributed by atoms with E-state index in [2.05, 4.69) is 23.9 Å². The lowest BCUT2D eigenvalue weighted by Crippen LogP contribution is -2.45. The van der Waals surface area contributed by atoms with Gasteiger partial charge in [0.2, 0.25) is 10.0 Å². The molecule has 2 N–H and O–H groups in total. The molecule has 0 bridgehead atoms. The minimum atomic E-state index is -3.03. The maximum Gasteiger partial charge on any atom is 0.214 e. The second-order valence-corrected chi connectivity index (χ2v) is 7.03. The highest BCUT2D eigenvalue weighted by atomic mass is 32.2. The number of nitrogens with one attached hydrogen (secondary N) is 2. The van der Waals surface area contributed by atoms with Gasteiger partial charge in [0.1, 0.15) is 0 Å². The van der Waals surface area contributed by atoms with Crippen molar-refractivity contribution in [2.24, 2.45) is 5.41 Å². The Kier molecular flexibility index (Phi) is 2.36. The molecule has 0 aromatic heterocycles. The van der Waals surface area contributed by atoms with Gasteiger partial charge in [0.25, 0.3) is 0 Å². The van der Waals surface area contributed by atoms with Gasteiger partial charge in [-0.05, 0) is 18.3 Å². The third-order valence-corrected chi connectivity index (χ3v) is 5.10. The van der Waals surface area contributed by atoms with Gasteiger partial charge in [-0.1, -0.05) is 13.8 Å². The van der Waals surface area contributed by atoms with E-state index < -0.39 is 10.0 Å². The van der Waals surface area contributed by atoms with Crippen LogP contribution < -0.4 is 10.0 Å². The van der Waals surface area contributed by atoms with Crippen molar-refractivity contribution in [2.75, 3.05) is 13.1 Å². The quantitative estimate of drug-likeness (QED) is 0.704. The van der Waals surface area contributed by atoms with Crippen molar-refractivity contribution in [3.63, 3.8) is 0 Å². The molecule has 0 aromatic rings. The van der Waals surface area contributed by atoms with Gasteiger partial charge in [-0.25, -0.2) is 13.1 Å². The highest BCUT2D eigenvalue weighted by molar-refractivity contribution is 7.90. The maximum absolute atomic E-state index is 11.7. The first kappa shape index (κ1) is 10.4. The molecule has 0 amide bonds. The molecular formula is C9H18N2O2S. The number of rotatable bonds is 3. The second kappa shape index (κ2) is 3.18. The van der Waals surface area contributed by atoms with Crippen molar-refractivity contribution in [2.45, 2.75) is 38.0 Å². The molecule has 1 saturated carbocycles. The predicted molar refractivity (Wildman–Crippen MR) is 55.5 cm³/mol. The molecule has 14 heavy (non-hydrogen) atoms. The topological polar surface area (TPSA) is 58.2 Å². The smallest absolute Gasteiger partial charge is 0.214 e. The van der Waals surface area contributed by atoms with Crippen molar-refractivity contribution in [1.82, 2.24) is 10.0 Å². The fourth-order valence-corrected chi connectivity index (χ4v) is 3.56. The zero-order chi connectivity index (χ0) is 10.4. The van der Waals surface area contributed by atoms with E-state index >= 15 is 0 Å². The predicted octanol–water partition coefficient (Wildman–Crippen LogP) is 0.0662. The minimum absolute atomic E-state index is 0.0297. The van der Waals surface area contributed by atoms with Gasteiger partial charge in [-0.3, -0.25) is 0 Å². The lowest BCUT2D eigenvalue weighted by Gasteiger charge is -2.26. The Morgan fingerprint density at radius 3 is 2.43 bits per heavy atom. The Morgan fingerprint density at radius 1 is 1.36 bits per heavy atom. The number of hydrogen-bond donors (Lipinski definition) is 2. The van der Waals surface area contributed by atoms with Crippen LogP contribution in [0.1, 0.15) is 26.7 Å². The molecule has 5 heteroatoms. The first-order valence-corrected chi connectivity index (χ1v) is 6.68. The van der Waals surface area contributed by atoms with E-state index in [1.807, 2.05) is 0 Å². The van der Waals surface area contributed by atoms with E-state index in [0.29, 0.717) is 0 Å². The Labute approximate surface area is 85.5 Å². The Morgan fingerprint density at radius 2 is 2.00 bits per heavy atom. The van der Waals surface area contributed by atoms with Crippen molar-refractivity contribution in [1.29, 1.82) is 0 Å². The van der Waals surface area contributed by atoms with Crippen LogP contribution in [0.5, 0.6) is 0 Å². The number of hydrogen-bond acceptors (Lipinski definition) is 3. The van der Waals surface area contributed by atoms with Crippen molar-refractivity contribution in [3.8, 4) is 0 Å². The van der Waals surface area contributed by atoms with Gasteiger partial charge in [-0.15, -0.1) is 0 Å². The SMILES string of the molecule is CC1(C)CNCC1NS(=O)(=O)C1CC1. The molecule has 1 unspecified atom stereocenters. The Balaban J connectivity index is 2.03. The highest BCUT2D eigenvalue weighted by Crippen LogP contribution is 2.30. The van der Waals surface area contributed by atoms with Crippen LogP contribution in [0.4, 0.5) is 0 Å². The number of sulfonamides is 1. The summed E-state index contributed by atoms with van der Waals surface area (Å²) in [6, 6.07) is 0.0492. The third-order valence-electron chi connectivity index (χ3n) is 3.14. The fourth-order valence-electron chi connectivity index (χ4n) is 1.81. The van der Waals surface area contributed by atoms with Gasteiger partial charge in [0.15, 0.2) is 0 Å². The fraction of sp³-hybridized carbons (Fsp3) is 1.00. The summed E-state index contributed by atoms with van der Waals surface area (Å²) in [4.78, 5) is 0. The summed E-state index contributed by atoms with van der Waals surface area (Å²) >= 11 is 0. The van der Waals surface area contributed by atoms with Crippen LogP contribution >= 0.6 is 0 Å². The average molecular weight is 218 g/mol. The second-order valence-electron chi connectivity index (χ2n) is 5.03. The summed E-state index contributed by atoms with van der Waals surface area (Å²) in [5, 5.41) is 3.11. The average Bonchev–Trinajstić information content (AvgIpc) is 2.80. The summed E-state index contributed by atoms with van der Waals surface area (Å²) < 4.78 is 26.2. The van der Waals surface area contributed by atoms with E-state index in [1.165, 1.54) is 0 Å². The summed E-state index contributed by atoms with van der Waals surface area (Å²) in [5.74, 6) is 0. The molecule has 0 aromatic carbocycles. The van der Waals surface area contributed by atoms with Crippen molar-refractivity contribution >= 4 is 10.0 Å². The summed E-state index contributed by atoms with van der Waals surface area (Å²) in [7, 11) is -3.03. The molecule has 1 aliphatic heterocycles. The van der Waals surface area contributed by atoms with Gasteiger partial charge in [-0.2, -0.15) is 0 Å². The normalized spacial score (nSPS) is 32.0. The molecule has 0 spiro atoms. The highest BCUT2D eigenvalue weighted by Gasteiger charge is 2.42. The molecular weight excluding hydrogens is 200 g/mol. The molecule has 2 rings (SSSR count). The summed E-state index contributed by atoms with van der Waals surface area (Å²) in [6.45, 7) is 5.81. The third kappa shape index (κ3) is 1.94. The van der Waals surface area contributed by atoms with Gasteiger partial charge in [0.05, 0.1) is 5.25 Å². The summed E-state index contributed by atoms with van der Waals surface area (Å²) in [6.07, 6.45) is 1.66. The lowest BCUT2D eigenvalue weighted by atomic mass is 9.89. The van der Waals surface area contributed by atoms with Crippen LogP contribution in [0.3, 0.4) is 0 Å². The van der Waals surface area contributed by atoms with Crippen LogP contribution in [-0.4, -0.2) is 32.8 Å². The van der Waals surface area contributed by atoms with Crippen LogP contribution in [0.15, 0.2) is 0 Å². The van der Waals surface area contributed by atoms with Gasteiger partial charge in [0, 0.05) is 19.1 Å². The molecule has 82 valence electrons. The van der Waals surface area contributed by atoms with Crippen LogP contribution in [0.25, 0.3) is 0 Å². The molecule has 2 aliphatic rings. The van der Waals surface area contributed by atoms with E-state index in [0.717, 1.165) is 25.9 Å². The van der Waals surface area contributed by atoms with Gasteiger partial charge >= 0.3 is 0 Å². The molecule has 1 heterocycles. The van der Waals surface area contributed by atoms with Crippen LogP contribution in [0, 0.1) is 5.41 Å². The first-order valence-electron chi connectivity index (χ1n) is 5.14. The molecule has 1 aliphatic carbocycles. The van der Waals surface area contributed by atoms with E-state index in [-0.39, 0.29) is 16.7 Å². The lowest BCUT2D eigenvalue weighted by molar-refractivity contribution is 0.341. The monoisotopic (exact) mass is 218 g/mol. The Bertz CT molecular complexity index is 320. The molecule has 1 atom stereocenters. The Hall–Kier alpha value is -0.130. The molecule has 4 nitrogen and oxygen atoms in total. The standard InChI is InChI=1S/C9H18N2O2S/c1-9(2)6-10-5-8(9)11-14(12,13)7-3-4-7/h7-8,10-11H,3-6H2,1-2H3. The molecule has 2 fully saturated rings. The maximum atomic E-state index is 11.7. The van der Waals surface area contributed by atoms with E-state index in [4.69, 9.17) is 0 Å². The zero-order valence-corrected chi connectivity index (χ0v) is 9.52. The van der Waals surface area contributed by atoms with E-state index in [1.54, 1.807) is 0 Å². The van der Waals surface area contributed by atoms with Crippen LogP contribution in [0.2, 0.25) is 0 Å². The van der Waals surface area contributed by atoms with Crippen LogP contribution in [-0.2, 0) is 10.0 Å². The zero-order valence-electron chi connectivity index (χ0n) is 8.71. The molecule has 0 radical (unpaired) electrons. The van der Waals surface area contributed by atoms with E-state index in [9.17, 15) is 8.42 Å². The molecule has 1 saturated heterocycles. The summed E-state index contributed by atoms with van der Waals surface area (Å²) in [5.41, 5.74) is 0.0297. The largest absolute Gasteiger partial charge is 0.315 e. The minimum Gasteiger partial charge on any atom is -0.315 e. The van der Waals surface area contributed by atoms with Crippen molar-refractivity contribution in [3.05, 3.63) is 0 Å². The van der Waals surface area contributed by atoms with Crippen molar-refractivity contribution < 1.29 is 8.42 Å². The first-order chi connectivity index (χ1) is 6.42.